The van der Waals surface area contributed by atoms with Crippen LogP contribution in [0.25, 0.3) is 0 Å². The standard InChI is InChI=1S/C21H34N4O3/c1-4-12-24(13-5-2)14-6-11-22-21(27)23-17-15-20(26)25(16-17)18-7-9-19(28-3)10-8-18/h7-10,17H,4-6,11-16H2,1-3H3,(H2,22,23,27). The van der Waals surface area contributed by atoms with Gasteiger partial charge in [-0.15, -0.1) is 0 Å². The van der Waals surface area contributed by atoms with E-state index in [1.807, 2.05) is 24.3 Å². The summed E-state index contributed by atoms with van der Waals surface area (Å²) in [6.07, 6.45) is 3.54. The highest BCUT2D eigenvalue weighted by atomic mass is 16.5. The summed E-state index contributed by atoms with van der Waals surface area (Å²) in [5.41, 5.74) is 0.822. The van der Waals surface area contributed by atoms with Gasteiger partial charge in [-0.05, 0) is 63.2 Å². The molecular weight excluding hydrogens is 356 g/mol. The van der Waals surface area contributed by atoms with Gasteiger partial charge >= 0.3 is 6.03 Å². The molecule has 156 valence electrons. The number of anilines is 1. The van der Waals surface area contributed by atoms with Crippen molar-refractivity contribution < 1.29 is 14.3 Å². The van der Waals surface area contributed by atoms with Crippen LogP contribution in [0.5, 0.6) is 5.75 Å². The highest BCUT2D eigenvalue weighted by Gasteiger charge is 2.31. The summed E-state index contributed by atoms with van der Waals surface area (Å²) in [6.45, 7) is 8.70. The third kappa shape index (κ3) is 6.71. The molecule has 1 fully saturated rings. The molecule has 1 unspecified atom stereocenters. The molecule has 7 nitrogen and oxygen atoms in total. The third-order valence-electron chi connectivity index (χ3n) is 4.86. The average molecular weight is 391 g/mol. The Hall–Kier alpha value is -2.28. The van der Waals surface area contributed by atoms with Gasteiger partial charge < -0.3 is 25.2 Å². The number of methoxy groups -OCH3 is 1. The van der Waals surface area contributed by atoms with Gasteiger partial charge in [0.25, 0.3) is 0 Å². The van der Waals surface area contributed by atoms with Crippen LogP contribution in [0.15, 0.2) is 24.3 Å². The van der Waals surface area contributed by atoms with Crippen LogP contribution in [0.1, 0.15) is 39.5 Å². The van der Waals surface area contributed by atoms with Crippen molar-refractivity contribution in [1.29, 1.82) is 0 Å². The number of benzene rings is 1. The lowest BCUT2D eigenvalue weighted by molar-refractivity contribution is -0.117. The molecule has 2 rings (SSSR count). The molecule has 1 aromatic rings. The van der Waals surface area contributed by atoms with Gasteiger partial charge in [-0.25, -0.2) is 4.79 Å². The summed E-state index contributed by atoms with van der Waals surface area (Å²) in [5.74, 6) is 0.770. The molecule has 3 amide bonds. The number of hydrogen-bond donors (Lipinski definition) is 2. The van der Waals surface area contributed by atoms with Gasteiger partial charge in [-0.3, -0.25) is 4.79 Å². The monoisotopic (exact) mass is 390 g/mol. The Balaban J connectivity index is 1.71. The molecule has 7 heteroatoms. The van der Waals surface area contributed by atoms with E-state index < -0.39 is 0 Å². The predicted octanol–water partition coefficient (Wildman–Crippen LogP) is 2.61. The van der Waals surface area contributed by atoms with Crippen molar-refractivity contribution >= 4 is 17.6 Å². The molecule has 2 N–H and O–H groups in total. The fourth-order valence-corrected chi connectivity index (χ4v) is 3.52. The van der Waals surface area contributed by atoms with Crippen LogP contribution in [0.2, 0.25) is 0 Å². The van der Waals surface area contributed by atoms with Crippen molar-refractivity contribution in [3.63, 3.8) is 0 Å². The molecule has 0 aliphatic carbocycles. The Morgan fingerprint density at radius 1 is 1.18 bits per heavy atom. The number of ether oxygens (including phenoxy) is 1. The zero-order valence-corrected chi connectivity index (χ0v) is 17.4. The van der Waals surface area contributed by atoms with Gasteiger partial charge in [-0.1, -0.05) is 13.8 Å². The molecule has 0 aromatic heterocycles. The molecule has 1 aliphatic rings. The van der Waals surface area contributed by atoms with E-state index >= 15 is 0 Å². The summed E-state index contributed by atoms with van der Waals surface area (Å²) in [4.78, 5) is 28.6. The predicted molar refractivity (Wildman–Crippen MR) is 112 cm³/mol. The van der Waals surface area contributed by atoms with E-state index in [1.54, 1.807) is 12.0 Å². The molecule has 1 atom stereocenters. The van der Waals surface area contributed by atoms with Crippen molar-refractivity contribution in [1.82, 2.24) is 15.5 Å². The third-order valence-corrected chi connectivity index (χ3v) is 4.86. The van der Waals surface area contributed by atoms with Crippen molar-refractivity contribution in [3.05, 3.63) is 24.3 Å². The van der Waals surface area contributed by atoms with Crippen molar-refractivity contribution in [2.75, 3.05) is 44.7 Å². The van der Waals surface area contributed by atoms with E-state index in [0.717, 1.165) is 50.3 Å². The molecule has 1 heterocycles. The molecule has 0 saturated carbocycles. The average Bonchev–Trinajstić information content (AvgIpc) is 3.05. The fourth-order valence-electron chi connectivity index (χ4n) is 3.52. The fraction of sp³-hybridized carbons (Fsp3) is 0.619. The van der Waals surface area contributed by atoms with Gasteiger partial charge in [0.05, 0.1) is 13.2 Å². The van der Waals surface area contributed by atoms with Crippen LogP contribution < -0.4 is 20.3 Å². The maximum absolute atomic E-state index is 12.3. The first-order valence-corrected chi connectivity index (χ1v) is 10.3. The molecule has 0 radical (unpaired) electrons. The van der Waals surface area contributed by atoms with Crippen molar-refractivity contribution in [3.8, 4) is 5.75 Å². The summed E-state index contributed by atoms with van der Waals surface area (Å²) in [5, 5.41) is 5.83. The molecule has 0 spiro atoms. The van der Waals surface area contributed by atoms with Crippen LogP contribution in [0, 0.1) is 0 Å². The number of amides is 3. The van der Waals surface area contributed by atoms with Gasteiger partial charge in [0, 0.05) is 25.2 Å². The Labute approximate surface area is 168 Å². The first kappa shape index (κ1) is 22.0. The molecule has 1 aromatic carbocycles. The molecule has 1 saturated heterocycles. The number of carbonyl (C=O) groups is 2. The Morgan fingerprint density at radius 3 is 2.46 bits per heavy atom. The van der Waals surface area contributed by atoms with E-state index in [2.05, 4.69) is 29.4 Å². The van der Waals surface area contributed by atoms with E-state index in [0.29, 0.717) is 19.5 Å². The van der Waals surface area contributed by atoms with Crippen LogP contribution in [0.3, 0.4) is 0 Å². The maximum atomic E-state index is 12.3. The minimum absolute atomic E-state index is 0.0187. The number of carbonyl (C=O) groups excluding carboxylic acids is 2. The summed E-state index contributed by atoms with van der Waals surface area (Å²) < 4.78 is 5.15. The number of urea groups is 1. The van der Waals surface area contributed by atoms with Gasteiger partial charge in [0.15, 0.2) is 0 Å². The van der Waals surface area contributed by atoms with Crippen molar-refractivity contribution in [2.45, 2.75) is 45.6 Å². The zero-order chi connectivity index (χ0) is 20.4. The van der Waals surface area contributed by atoms with E-state index in [-0.39, 0.29) is 18.0 Å². The van der Waals surface area contributed by atoms with Crippen LogP contribution in [-0.2, 0) is 4.79 Å². The highest BCUT2D eigenvalue weighted by Crippen LogP contribution is 2.24. The largest absolute Gasteiger partial charge is 0.497 e. The molecule has 1 aliphatic heterocycles. The van der Waals surface area contributed by atoms with Gasteiger partial charge in [0.1, 0.15) is 5.75 Å². The molecule has 0 bridgehead atoms. The number of rotatable bonds is 11. The van der Waals surface area contributed by atoms with Crippen LogP contribution >= 0.6 is 0 Å². The highest BCUT2D eigenvalue weighted by molar-refractivity contribution is 5.96. The number of nitrogens with one attached hydrogen (secondary N) is 2. The SMILES string of the molecule is CCCN(CCC)CCCNC(=O)NC1CC(=O)N(c2ccc(OC)cc2)C1. The van der Waals surface area contributed by atoms with E-state index in [9.17, 15) is 9.59 Å². The van der Waals surface area contributed by atoms with Crippen molar-refractivity contribution in [2.24, 2.45) is 0 Å². The number of nitrogens with zero attached hydrogens (tertiary/aromatic N) is 2. The van der Waals surface area contributed by atoms with Crippen LogP contribution in [0.4, 0.5) is 10.5 Å². The quantitative estimate of drug-likeness (QED) is 0.570. The second-order valence-electron chi connectivity index (χ2n) is 7.20. The lowest BCUT2D eigenvalue weighted by Gasteiger charge is -2.21. The Bertz CT molecular complexity index is 615. The topological polar surface area (TPSA) is 73.9 Å². The normalized spacial score (nSPS) is 16.5. The van der Waals surface area contributed by atoms with Crippen LogP contribution in [-0.4, -0.2) is 62.7 Å². The molecule has 28 heavy (non-hydrogen) atoms. The van der Waals surface area contributed by atoms with Gasteiger partial charge in [0.2, 0.25) is 5.91 Å². The smallest absolute Gasteiger partial charge is 0.315 e. The minimum Gasteiger partial charge on any atom is -0.497 e. The first-order valence-electron chi connectivity index (χ1n) is 10.3. The minimum atomic E-state index is -0.202. The Morgan fingerprint density at radius 2 is 1.86 bits per heavy atom. The second kappa shape index (κ2) is 11.5. The lowest BCUT2D eigenvalue weighted by Crippen LogP contribution is -2.44. The second-order valence-corrected chi connectivity index (χ2v) is 7.20. The lowest BCUT2D eigenvalue weighted by atomic mass is 10.2. The summed E-state index contributed by atoms with van der Waals surface area (Å²) in [6, 6.07) is 7.00. The van der Waals surface area contributed by atoms with E-state index in [1.165, 1.54) is 0 Å². The zero-order valence-electron chi connectivity index (χ0n) is 17.4. The molecular formula is C21H34N4O3. The Kier molecular flexibility index (Phi) is 9.07. The first-order chi connectivity index (χ1) is 13.6. The maximum Gasteiger partial charge on any atom is 0.315 e. The summed E-state index contributed by atoms with van der Waals surface area (Å²) in [7, 11) is 1.61. The van der Waals surface area contributed by atoms with E-state index in [4.69, 9.17) is 4.74 Å². The van der Waals surface area contributed by atoms with Gasteiger partial charge in [-0.2, -0.15) is 0 Å². The number of hydrogen-bond acceptors (Lipinski definition) is 4. The summed E-state index contributed by atoms with van der Waals surface area (Å²) >= 11 is 0.